The lowest BCUT2D eigenvalue weighted by molar-refractivity contribution is -0.159. The third kappa shape index (κ3) is 1.93. The van der Waals surface area contributed by atoms with E-state index in [9.17, 15) is 9.59 Å². The first kappa shape index (κ1) is 9.61. The number of nitrogens with zero attached hydrogens (tertiary/aromatic N) is 2. The van der Waals surface area contributed by atoms with E-state index in [2.05, 4.69) is 5.32 Å². The van der Waals surface area contributed by atoms with E-state index in [4.69, 9.17) is 0 Å². The van der Waals surface area contributed by atoms with Crippen molar-refractivity contribution in [1.29, 1.82) is 0 Å². The first-order valence-corrected chi connectivity index (χ1v) is 5.05. The Bertz CT molecular complexity index is 248. The smallest absolute Gasteiger partial charge is 0.237 e. The number of ketones is 1. The van der Waals surface area contributed by atoms with Crippen LogP contribution in [0.3, 0.4) is 0 Å². The van der Waals surface area contributed by atoms with Crippen molar-refractivity contribution in [2.75, 3.05) is 32.7 Å². The van der Waals surface area contributed by atoms with E-state index in [0.29, 0.717) is 12.8 Å². The van der Waals surface area contributed by atoms with Crippen LogP contribution in [0, 0.1) is 0 Å². The van der Waals surface area contributed by atoms with Crippen molar-refractivity contribution in [3.8, 4) is 0 Å². The normalized spacial score (nSPS) is 25.6. The maximum atomic E-state index is 11.6. The Balaban J connectivity index is 1.99. The molecule has 1 N–H and O–H groups in total. The largest absolute Gasteiger partial charge is 0.314 e. The van der Waals surface area contributed by atoms with Crippen LogP contribution in [-0.4, -0.2) is 54.4 Å². The fourth-order valence-corrected chi connectivity index (χ4v) is 1.86. The van der Waals surface area contributed by atoms with Crippen molar-refractivity contribution >= 4 is 11.7 Å². The number of piperazine rings is 1. The molecule has 0 spiro atoms. The molecule has 2 rings (SSSR count). The minimum atomic E-state index is 0.0894. The summed E-state index contributed by atoms with van der Waals surface area (Å²) in [5.74, 6) is 0.259. The monoisotopic (exact) mass is 197 g/mol. The zero-order chi connectivity index (χ0) is 9.97. The van der Waals surface area contributed by atoms with Crippen LogP contribution in [0.15, 0.2) is 0 Å². The van der Waals surface area contributed by atoms with Gasteiger partial charge in [-0.15, -0.1) is 0 Å². The van der Waals surface area contributed by atoms with Gasteiger partial charge >= 0.3 is 0 Å². The van der Waals surface area contributed by atoms with Gasteiger partial charge in [0.25, 0.3) is 0 Å². The number of Topliss-reactive ketones (excluding diaryl/α,β-unsaturated/α-hetero) is 1. The summed E-state index contributed by atoms with van der Waals surface area (Å²) < 4.78 is 0. The Morgan fingerprint density at radius 3 is 2.50 bits per heavy atom. The van der Waals surface area contributed by atoms with Gasteiger partial charge in [0.05, 0.1) is 6.54 Å². The van der Waals surface area contributed by atoms with Gasteiger partial charge in [-0.25, -0.2) is 5.01 Å². The number of nitrogens with one attached hydrogen (secondary N) is 1. The average molecular weight is 197 g/mol. The number of amides is 1. The van der Waals surface area contributed by atoms with Gasteiger partial charge in [-0.2, -0.15) is 0 Å². The molecule has 0 radical (unpaired) electrons. The molecule has 0 aromatic rings. The fourth-order valence-electron chi connectivity index (χ4n) is 1.86. The van der Waals surface area contributed by atoms with Gasteiger partial charge in [0.2, 0.25) is 5.91 Å². The van der Waals surface area contributed by atoms with Crippen LogP contribution < -0.4 is 5.32 Å². The summed E-state index contributed by atoms with van der Waals surface area (Å²) in [6, 6.07) is 0. The van der Waals surface area contributed by atoms with Crippen molar-refractivity contribution in [3.63, 3.8) is 0 Å². The zero-order valence-corrected chi connectivity index (χ0v) is 8.16. The number of carbonyl (C=O) groups excluding carboxylic acids is 2. The SMILES string of the molecule is O=C1CCC(=O)N(N2CCNCC2)C1. The Morgan fingerprint density at radius 2 is 1.79 bits per heavy atom. The van der Waals surface area contributed by atoms with Crippen LogP contribution in [0.2, 0.25) is 0 Å². The lowest BCUT2D eigenvalue weighted by Crippen LogP contribution is -2.57. The summed E-state index contributed by atoms with van der Waals surface area (Å²) in [5, 5.41) is 6.82. The molecule has 2 fully saturated rings. The van der Waals surface area contributed by atoms with Gasteiger partial charge in [0.15, 0.2) is 5.78 Å². The van der Waals surface area contributed by atoms with Crippen molar-refractivity contribution < 1.29 is 9.59 Å². The summed E-state index contributed by atoms with van der Waals surface area (Å²) in [6.45, 7) is 3.69. The first-order chi connectivity index (χ1) is 6.77. The third-order valence-electron chi connectivity index (χ3n) is 2.67. The van der Waals surface area contributed by atoms with Gasteiger partial charge < -0.3 is 5.32 Å². The molecular formula is C9H15N3O2. The number of piperidine rings is 1. The molecule has 5 nitrogen and oxygen atoms in total. The summed E-state index contributed by atoms with van der Waals surface area (Å²) >= 11 is 0. The van der Waals surface area contributed by atoms with Crippen molar-refractivity contribution in [3.05, 3.63) is 0 Å². The molecule has 2 aliphatic rings. The maximum Gasteiger partial charge on any atom is 0.237 e. The molecule has 2 saturated heterocycles. The summed E-state index contributed by atoms with van der Waals surface area (Å²) in [7, 11) is 0. The molecule has 5 heteroatoms. The summed E-state index contributed by atoms with van der Waals surface area (Å²) in [6.07, 6.45) is 0.796. The minimum Gasteiger partial charge on any atom is -0.314 e. The fraction of sp³-hybridized carbons (Fsp3) is 0.778. The average Bonchev–Trinajstić information content (AvgIpc) is 2.23. The number of hydrazine groups is 1. The first-order valence-electron chi connectivity index (χ1n) is 5.05. The summed E-state index contributed by atoms with van der Waals surface area (Å²) in [4.78, 5) is 22.8. The molecule has 0 aromatic heterocycles. The minimum absolute atomic E-state index is 0.0894. The van der Waals surface area contributed by atoms with Crippen LogP contribution in [0.1, 0.15) is 12.8 Å². The van der Waals surface area contributed by atoms with Crippen LogP contribution in [0.25, 0.3) is 0 Å². The highest BCUT2D eigenvalue weighted by molar-refractivity contribution is 5.92. The second-order valence-corrected chi connectivity index (χ2v) is 3.69. The van der Waals surface area contributed by atoms with Gasteiger partial charge in [-0.05, 0) is 0 Å². The van der Waals surface area contributed by atoms with Crippen LogP contribution in [-0.2, 0) is 9.59 Å². The second kappa shape index (κ2) is 4.06. The Hall–Kier alpha value is -0.940. The molecule has 1 amide bonds. The number of hydrogen-bond acceptors (Lipinski definition) is 4. The molecule has 0 unspecified atom stereocenters. The number of carbonyl (C=O) groups is 2. The topological polar surface area (TPSA) is 52.7 Å². The number of hydrogen-bond donors (Lipinski definition) is 1. The molecule has 78 valence electrons. The van der Waals surface area contributed by atoms with Crippen molar-refractivity contribution in [2.45, 2.75) is 12.8 Å². The van der Waals surface area contributed by atoms with Crippen LogP contribution >= 0.6 is 0 Å². The predicted octanol–water partition coefficient (Wildman–Crippen LogP) is -1.00. The molecule has 14 heavy (non-hydrogen) atoms. The van der Waals surface area contributed by atoms with Gasteiger partial charge in [-0.3, -0.25) is 14.6 Å². The highest BCUT2D eigenvalue weighted by Gasteiger charge is 2.28. The van der Waals surface area contributed by atoms with E-state index in [-0.39, 0.29) is 18.2 Å². The Morgan fingerprint density at radius 1 is 1.07 bits per heavy atom. The molecule has 0 atom stereocenters. The molecule has 0 saturated carbocycles. The van der Waals surface area contributed by atoms with E-state index >= 15 is 0 Å². The molecular weight excluding hydrogens is 182 g/mol. The predicted molar refractivity (Wildman–Crippen MR) is 50.4 cm³/mol. The van der Waals surface area contributed by atoms with E-state index < -0.39 is 0 Å². The zero-order valence-electron chi connectivity index (χ0n) is 8.16. The molecule has 0 bridgehead atoms. The standard InChI is InChI=1S/C9H15N3O2/c13-8-1-2-9(14)12(7-8)11-5-3-10-4-6-11/h10H,1-7H2. The van der Waals surface area contributed by atoms with Crippen LogP contribution in [0.5, 0.6) is 0 Å². The lowest BCUT2D eigenvalue weighted by atomic mass is 10.1. The number of rotatable bonds is 1. The lowest BCUT2D eigenvalue weighted by Gasteiger charge is -2.38. The van der Waals surface area contributed by atoms with E-state index in [0.717, 1.165) is 26.2 Å². The molecule has 0 aromatic carbocycles. The Labute approximate surface area is 83.0 Å². The maximum absolute atomic E-state index is 11.6. The molecule has 2 aliphatic heterocycles. The van der Waals surface area contributed by atoms with E-state index in [1.807, 2.05) is 5.01 Å². The van der Waals surface area contributed by atoms with Crippen molar-refractivity contribution in [1.82, 2.24) is 15.3 Å². The van der Waals surface area contributed by atoms with Gasteiger partial charge in [0, 0.05) is 39.0 Å². The van der Waals surface area contributed by atoms with Gasteiger partial charge in [0.1, 0.15) is 0 Å². The highest BCUT2D eigenvalue weighted by atomic mass is 16.2. The quantitative estimate of drug-likeness (QED) is 0.585. The van der Waals surface area contributed by atoms with Gasteiger partial charge in [-0.1, -0.05) is 0 Å². The molecule has 2 heterocycles. The summed E-state index contributed by atoms with van der Waals surface area (Å²) in [5.41, 5.74) is 0. The van der Waals surface area contributed by atoms with Crippen molar-refractivity contribution in [2.24, 2.45) is 0 Å². The second-order valence-electron chi connectivity index (χ2n) is 3.69. The van der Waals surface area contributed by atoms with Crippen LogP contribution in [0.4, 0.5) is 0 Å². The van der Waals surface area contributed by atoms with E-state index in [1.165, 1.54) is 0 Å². The van der Waals surface area contributed by atoms with E-state index in [1.54, 1.807) is 5.01 Å². The molecule has 0 aliphatic carbocycles. The highest BCUT2D eigenvalue weighted by Crippen LogP contribution is 2.11. The Kier molecular flexibility index (Phi) is 2.79. The third-order valence-corrected chi connectivity index (χ3v) is 2.67.